The van der Waals surface area contributed by atoms with Crippen LogP contribution in [0.5, 0.6) is 0 Å². The third kappa shape index (κ3) is 5.57. The maximum absolute atomic E-state index is 12.6. The fraction of sp³-hybridized carbons (Fsp3) is 0.522. The van der Waals surface area contributed by atoms with E-state index in [4.69, 9.17) is 5.73 Å². The van der Waals surface area contributed by atoms with Crippen LogP contribution in [0.4, 0.5) is 0 Å². The Morgan fingerprint density at radius 1 is 1.32 bits per heavy atom. The van der Waals surface area contributed by atoms with Gasteiger partial charge in [-0.15, -0.1) is 11.3 Å². The Balaban J connectivity index is 1.49. The summed E-state index contributed by atoms with van der Waals surface area (Å²) < 4.78 is 0. The average Bonchev–Trinajstić information content (AvgIpc) is 3.32. The number of aryl methyl sites for hydroxylation is 1. The molecule has 3 unspecified atom stereocenters. The summed E-state index contributed by atoms with van der Waals surface area (Å²) in [7, 11) is 0. The molecule has 2 heterocycles. The highest BCUT2D eigenvalue weighted by Crippen LogP contribution is 2.27. The molecule has 1 aliphatic heterocycles. The zero-order valence-electron chi connectivity index (χ0n) is 18.5. The van der Waals surface area contributed by atoms with Gasteiger partial charge in [0.25, 0.3) is 0 Å². The number of aliphatic hydroxyl groups is 1. The molecule has 0 aliphatic carbocycles. The minimum absolute atomic E-state index is 0.196. The standard InChI is InChI=1S/C23H32N4O3S/c1-13-20(31-12-26-13)15-7-5-14(6-8-15)9-10-25-22(30)16-11-17(28)18(27-16)19(29)21(24)23(2,3)4/h5-8,12,16-18,21,27-28H,9-11,24H2,1-4H3,(H,25,30)/t16-,17?,18?,21?/m1/s1. The van der Waals surface area contributed by atoms with Gasteiger partial charge >= 0.3 is 0 Å². The van der Waals surface area contributed by atoms with Crippen LogP contribution < -0.4 is 16.4 Å². The number of thiazole rings is 1. The fourth-order valence-electron chi connectivity index (χ4n) is 3.70. The predicted molar refractivity (Wildman–Crippen MR) is 123 cm³/mol. The quantitative estimate of drug-likeness (QED) is 0.517. The van der Waals surface area contributed by atoms with Crippen LogP contribution in [0.3, 0.4) is 0 Å². The minimum atomic E-state index is -0.917. The molecule has 5 N–H and O–H groups in total. The van der Waals surface area contributed by atoms with E-state index in [1.807, 2.05) is 33.2 Å². The maximum Gasteiger partial charge on any atom is 0.237 e. The lowest BCUT2D eigenvalue weighted by atomic mass is 9.82. The summed E-state index contributed by atoms with van der Waals surface area (Å²) in [5, 5.41) is 16.2. The summed E-state index contributed by atoms with van der Waals surface area (Å²) in [4.78, 5) is 30.6. The van der Waals surface area contributed by atoms with Crippen molar-refractivity contribution in [1.82, 2.24) is 15.6 Å². The largest absolute Gasteiger partial charge is 0.391 e. The van der Waals surface area contributed by atoms with E-state index in [1.54, 1.807) is 11.3 Å². The first-order valence-electron chi connectivity index (χ1n) is 10.6. The van der Waals surface area contributed by atoms with Crippen LogP contribution in [0.2, 0.25) is 0 Å². The van der Waals surface area contributed by atoms with Crippen molar-refractivity contribution in [2.45, 2.75) is 64.8 Å². The molecule has 0 saturated carbocycles. The van der Waals surface area contributed by atoms with Gasteiger partial charge in [-0.3, -0.25) is 14.9 Å². The molecule has 0 radical (unpaired) electrons. The van der Waals surface area contributed by atoms with Gasteiger partial charge in [0.2, 0.25) is 5.91 Å². The number of carbonyl (C=O) groups excluding carboxylic acids is 2. The van der Waals surface area contributed by atoms with Crippen molar-refractivity contribution >= 4 is 23.0 Å². The van der Waals surface area contributed by atoms with E-state index in [2.05, 4.69) is 39.9 Å². The molecule has 2 aromatic rings. The van der Waals surface area contributed by atoms with Crippen molar-refractivity contribution in [3.8, 4) is 10.4 Å². The number of nitrogens with zero attached hydrogens (tertiary/aromatic N) is 1. The lowest BCUT2D eigenvalue weighted by Gasteiger charge is -2.29. The molecule has 7 nitrogen and oxygen atoms in total. The molecule has 168 valence electrons. The number of hydrogen-bond acceptors (Lipinski definition) is 7. The molecule has 1 amide bonds. The Hall–Kier alpha value is -2.13. The van der Waals surface area contributed by atoms with Crippen molar-refractivity contribution in [2.75, 3.05) is 6.54 Å². The van der Waals surface area contributed by atoms with E-state index >= 15 is 0 Å². The number of rotatable bonds is 7. The highest BCUT2D eigenvalue weighted by atomic mass is 32.1. The second-order valence-corrected chi connectivity index (χ2v) is 10.1. The average molecular weight is 445 g/mol. The summed E-state index contributed by atoms with van der Waals surface area (Å²) in [6, 6.07) is 6.13. The molecule has 8 heteroatoms. The monoisotopic (exact) mass is 444 g/mol. The van der Waals surface area contributed by atoms with E-state index in [0.717, 1.165) is 16.8 Å². The number of aromatic nitrogens is 1. The maximum atomic E-state index is 12.6. The van der Waals surface area contributed by atoms with Crippen molar-refractivity contribution < 1.29 is 14.7 Å². The Kier molecular flexibility index (Phi) is 7.26. The van der Waals surface area contributed by atoms with Crippen LogP contribution >= 0.6 is 11.3 Å². The smallest absolute Gasteiger partial charge is 0.237 e. The number of nitrogens with two attached hydrogens (primary N) is 1. The molecular weight excluding hydrogens is 412 g/mol. The Labute approximate surface area is 187 Å². The lowest BCUT2D eigenvalue weighted by Crippen LogP contribution is -2.54. The number of ketones is 1. The number of hydrogen-bond donors (Lipinski definition) is 4. The topological polar surface area (TPSA) is 117 Å². The lowest BCUT2D eigenvalue weighted by molar-refractivity contribution is -0.126. The first-order chi connectivity index (χ1) is 14.6. The zero-order valence-corrected chi connectivity index (χ0v) is 19.3. The van der Waals surface area contributed by atoms with E-state index < -0.39 is 29.6 Å². The number of aliphatic hydroxyl groups excluding tert-OH is 1. The van der Waals surface area contributed by atoms with E-state index in [-0.39, 0.29) is 18.1 Å². The van der Waals surface area contributed by atoms with Crippen LogP contribution in [0.25, 0.3) is 10.4 Å². The second kappa shape index (κ2) is 9.56. The van der Waals surface area contributed by atoms with Gasteiger partial charge in [-0.25, -0.2) is 4.98 Å². The molecule has 1 saturated heterocycles. The molecule has 3 rings (SSSR count). The first-order valence-corrected chi connectivity index (χ1v) is 11.5. The molecule has 1 aliphatic rings. The third-order valence-corrected chi connectivity index (χ3v) is 6.76. The third-order valence-electron chi connectivity index (χ3n) is 5.78. The number of amides is 1. The summed E-state index contributed by atoms with van der Waals surface area (Å²) in [6.07, 6.45) is -0.0261. The SMILES string of the molecule is Cc1ncsc1-c1ccc(CCNC(=O)[C@H]2CC(O)C(C(=O)C(N)C(C)(C)C)N2)cc1. The molecule has 1 aromatic carbocycles. The van der Waals surface area contributed by atoms with Gasteiger partial charge in [0, 0.05) is 6.54 Å². The van der Waals surface area contributed by atoms with Gasteiger partial charge in [0.05, 0.1) is 40.3 Å². The number of carbonyl (C=O) groups is 2. The molecule has 0 spiro atoms. The van der Waals surface area contributed by atoms with Crippen LogP contribution in [-0.2, 0) is 16.0 Å². The number of Topliss-reactive ketones (excluding diaryl/α,β-unsaturated/α-hetero) is 1. The zero-order chi connectivity index (χ0) is 22.8. The Morgan fingerprint density at radius 2 is 2.00 bits per heavy atom. The van der Waals surface area contributed by atoms with Crippen molar-refractivity contribution in [2.24, 2.45) is 11.1 Å². The summed E-state index contributed by atoms with van der Waals surface area (Å²) in [6.45, 7) is 8.12. The van der Waals surface area contributed by atoms with Crippen LogP contribution in [-0.4, -0.2) is 52.6 Å². The fourth-order valence-corrected chi connectivity index (χ4v) is 4.51. The second-order valence-electron chi connectivity index (χ2n) is 9.25. The van der Waals surface area contributed by atoms with Crippen molar-refractivity contribution in [3.63, 3.8) is 0 Å². The van der Waals surface area contributed by atoms with E-state index in [9.17, 15) is 14.7 Å². The van der Waals surface area contributed by atoms with Crippen LogP contribution in [0.15, 0.2) is 29.8 Å². The normalized spacial score (nSPS) is 22.3. The number of benzene rings is 1. The highest BCUT2D eigenvalue weighted by molar-refractivity contribution is 7.13. The molecule has 0 bridgehead atoms. The molecule has 1 aromatic heterocycles. The molecule has 1 fully saturated rings. The van der Waals surface area contributed by atoms with Gasteiger partial charge in [0.15, 0.2) is 5.78 Å². The van der Waals surface area contributed by atoms with Gasteiger partial charge in [-0.05, 0) is 36.3 Å². The van der Waals surface area contributed by atoms with Gasteiger partial charge < -0.3 is 16.2 Å². The van der Waals surface area contributed by atoms with E-state index in [1.165, 1.54) is 4.88 Å². The van der Waals surface area contributed by atoms with Crippen LogP contribution in [0.1, 0.15) is 38.4 Å². The van der Waals surface area contributed by atoms with Gasteiger partial charge in [0.1, 0.15) is 0 Å². The number of nitrogens with one attached hydrogen (secondary N) is 2. The van der Waals surface area contributed by atoms with Gasteiger partial charge in [-0.2, -0.15) is 0 Å². The first kappa shape index (κ1) is 23.5. The Morgan fingerprint density at radius 3 is 2.58 bits per heavy atom. The predicted octanol–water partition coefficient (Wildman–Crippen LogP) is 1.81. The Bertz CT molecular complexity index is 920. The van der Waals surface area contributed by atoms with Crippen molar-refractivity contribution in [3.05, 3.63) is 41.0 Å². The summed E-state index contributed by atoms with van der Waals surface area (Å²) in [5.41, 5.74) is 10.8. The van der Waals surface area contributed by atoms with Gasteiger partial charge in [-0.1, -0.05) is 45.0 Å². The molecule has 31 heavy (non-hydrogen) atoms. The van der Waals surface area contributed by atoms with Crippen molar-refractivity contribution in [1.29, 1.82) is 0 Å². The minimum Gasteiger partial charge on any atom is -0.391 e. The highest BCUT2D eigenvalue weighted by Gasteiger charge is 2.43. The summed E-state index contributed by atoms with van der Waals surface area (Å²) in [5.74, 6) is -0.470. The van der Waals surface area contributed by atoms with E-state index in [0.29, 0.717) is 13.0 Å². The summed E-state index contributed by atoms with van der Waals surface area (Å²) >= 11 is 1.62. The van der Waals surface area contributed by atoms with Crippen LogP contribution in [0, 0.1) is 12.3 Å². The molecular formula is C23H32N4O3S. The molecule has 4 atom stereocenters.